The maximum atomic E-state index is 5.95. The molecule has 2 saturated heterocycles. The predicted molar refractivity (Wildman–Crippen MR) is 74.9 cm³/mol. The molecule has 1 N–H and O–H groups in total. The fraction of sp³-hybridized carbons (Fsp3) is 1.00. The zero-order valence-corrected chi connectivity index (χ0v) is 12.0. The van der Waals surface area contributed by atoms with Crippen molar-refractivity contribution in [2.24, 2.45) is 5.92 Å². The Morgan fingerprint density at radius 1 is 1.28 bits per heavy atom. The van der Waals surface area contributed by atoms with E-state index in [1.54, 1.807) is 0 Å². The van der Waals surface area contributed by atoms with Gasteiger partial charge in [-0.1, -0.05) is 0 Å². The second-order valence-corrected chi connectivity index (χ2v) is 6.00. The lowest BCUT2D eigenvalue weighted by Crippen LogP contribution is -2.35. The van der Waals surface area contributed by atoms with E-state index in [0.717, 1.165) is 32.2 Å². The van der Waals surface area contributed by atoms with Gasteiger partial charge in [-0.3, -0.25) is 0 Å². The predicted octanol–water partition coefficient (Wildman–Crippen LogP) is 0.639. The van der Waals surface area contributed by atoms with Crippen LogP contribution in [-0.4, -0.2) is 75.9 Å². The summed E-state index contributed by atoms with van der Waals surface area (Å²) in [6, 6.07) is 0. The molecule has 2 aliphatic rings. The van der Waals surface area contributed by atoms with Crippen LogP contribution in [0.15, 0.2) is 0 Å². The Kier molecular flexibility index (Phi) is 5.89. The van der Waals surface area contributed by atoms with E-state index in [4.69, 9.17) is 4.74 Å². The van der Waals surface area contributed by atoms with E-state index < -0.39 is 0 Å². The fourth-order valence-electron chi connectivity index (χ4n) is 3.04. The molecule has 0 saturated carbocycles. The molecule has 2 fully saturated rings. The second-order valence-electron chi connectivity index (χ2n) is 6.00. The van der Waals surface area contributed by atoms with Crippen LogP contribution in [0.5, 0.6) is 0 Å². The van der Waals surface area contributed by atoms with Gasteiger partial charge in [0.05, 0.1) is 12.7 Å². The summed E-state index contributed by atoms with van der Waals surface area (Å²) in [5, 5.41) is 3.37. The van der Waals surface area contributed by atoms with Gasteiger partial charge in [0.25, 0.3) is 0 Å². The standard InChI is InChI=1S/C14H29N3O/c1-16-8-5-13(11-16)12-17(2)9-10-18-14-3-6-15-7-4-14/h13-15H,3-12H2,1-2H3. The average molecular weight is 255 g/mol. The van der Waals surface area contributed by atoms with Gasteiger partial charge in [-0.05, 0) is 58.9 Å². The lowest BCUT2D eigenvalue weighted by Gasteiger charge is -2.25. The highest BCUT2D eigenvalue weighted by Gasteiger charge is 2.20. The molecule has 0 aromatic heterocycles. The molecular formula is C14H29N3O. The van der Waals surface area contributed by atoms with Gasteiger partial charge < -0.3 is 19.9 Å². The van der Waals surface area contributed by atoms with Gasteiger partial charge in [-0.25, -0.2) is 0 Å². The minimum atomic E-state index is 0.497. The zero-order chi connectivity index (χ0) is 12.8. The van der Waals surface area contributed by atoms with E-state index >= 15 is 0 Å². The molecule has 2 rings (SSSR count). The van der Waals surface area contributed by atoms with E-state index in [2.05, 4.69) is 29.2 Å². The summed E-state index contributed by atoms with van der Waals surface area (Å²) in [7, 11) is 4.45. The van der Waals surface area contributed by atoms with Gasteiger partial charge in [0.1, 0.15) is 0 Å². The molecule has 0 bridgehead atoms. The second kappa shape index (κ2) is 7.43. The van der Waals surface area contributed by atoms with Crippen LogP contribution in [0.3, 0.4) is 0 Å². The zero-order valence-electron chi connectivity index (χ0n) is 12.0. The summed E-state index contributed by atoms with van der Waals surface area (Å²) in [6.45, 7) is 7.96. The molecular weight excluding hydrogens is 226 g/mol. The highest BCUT2D eigenvalue weighted by atomic mass is 16.5. The van der Waals surface area contributed by atoms with E-state index in [-0.39, 0.29) is 0 Å². The van der Waals surface area contributed by atoms with Crippen LogP contribution in [0.4, 0.5) is 0 Å². The first kappa shape index (κ1) is 14.3. The molecule has 0 aromatic carbocycles. The maximum absolute atomic E-state index is 5.95. The van der Waals surface area contributed by atoms with Crippen LogP contribution < -0.4 is 5.32 Å². The summed E-state index contributed by atoms with van der Waals surface area (Å²) in [6.07, 6.45) is 4.21. The number of nitrogens with one attached hydrogen (secondary N) is 1. The average Bonchev–Trinajstić information content (AvgIpc) is 2.76. The van der Waals surface area contributed by atoms with Crippen molar-refractivity contribution in [1.82, 2.24) is 15.1 Å². The lowest BCUT2D eigenvalue weighted by atomic mass is 10.1. The monoisotopic (exact) mass is 255 g/mol. The number of nitrogens with zero attached hydrogens (tertiary/aromatic N) is 2. The van der Waals surface area contributed by atoms with E-state index in [9.17, 15) is 0 Å². The van der Waals surface area contributed by atoms with Crippen LogP contribution in [0, 0.1) is 5.92 Å². The Morgan fingerprint density at radius 3 is 2.72 bits per heavy atom. The third-order valence-corrected chi connectivity index (χ3v) is 4.17. The summed E-state index contributed by atoms with van der Waals surface area (Å²) in [4.78, 5) is 4.87. The molecule has 4 heteroatoms. The summed E-state index contributed by atoms with van der Waals surface area (Å²) in [5.41, 5.74) is 0. The largest absolute Gasteiger partial charge is 0.377 e. The molecule has 4 nitrogen and oxygen atoms in total. The highest BCUT2D eigenvalue weighted by Crippen LogP contribution is 2.15. The molecule has 1 unspecified atom stereocenters. The minimum Gasteiger partial charge on any atom is -0.377 e. The van der Waals surface area contributed by atoms with Crippen molar-refractivity contribution in [1.29, 1.82) is 0 Å². The summed E-state index contributed by atoms with van der Waals surface area (Å²) < 4.78 is 5.95. The van der Waals surface area contributed by atoms with Crippen LogP contribution in [0.2, 0.25) is 0 Å². The third kappa shape index (κ3) is 4.84. The van der Waals surface area contributed by atoms with Crippen LogP contribution in [-0.2, 0) is 4.74 Å². The van der Waals surface area contributed by atoms with Crippen molar-refractivity contribution in [2.75, 3.05) is 60.0 Å². The van der Waals surface area contributed by atoms with Crippen molar-refractivity contribution >= 4 is 0 Å². The lowest BCUT2D eigenvalue weighted by molar-refractivity contribution is 0.0218. The molecule has 2 aliphatic heterocycles. The molecule has 2 heterocycles. The van der Waals surface area contributed by atoms with Gasteiger partial charge in [-0.15, -0.1) is 0 Å². The first-order valence-electron chi connectivity index (χ1n) is 7.43. The molecule has 0 spiro atoms. The summed E-state index contributed by atoms with van der Waals surface area (Å²) in [5.74, 6) is 0.860. The Hall–Kier alpha value is -0.160. The Morgan fingerprint density at radius 2 is 2.06 bits per heavy atom. The van der Waals surface area contributed by atoms with Crippen molar-refractivity contribution in [3.63, 3.8) is 0 Å². The maximum Gasteiger partial charge on any atom is 0.0600 e. The number of hydrogen-bond donors (Lipinski definition) is 1. The number of likely N-dealkylation sites (tertiary alicyclic amines) is 1. The van der Waals surface area contributed by atoms with E-state index in [0.29, 0.717) is 6.10 Å². The topological polar surface area (TPSA) is 27.7 Å². The third-order valence-electron chi connectivity index (χ3n) is 4.17. The molecule has 0 aromatic rings. The highest BCUT2D eigenvalue weighted by molar-refractivity contribution is 4.75. The van der Waals surface area contributed by atoms with Crippen molar-refractivity contribution < 1.29 is 4.74 Å². The van der Waals surface area contributed by atoms with E-state index in [1.165, 1.54) is 38.9 Å². The number of ether oxygens (including phenoxy) is 1. The minimum absolute atomic E-state index is 0.497. The number of piperidine rings is 1. The Bertz CT molecular complexity index is 231. The molecule has 1 atom stereocenters. The Labute approximate surface area is 112 Å². The van der Waals surface area contributed by atoms with Crippen molar-refractivity contribution in [3.8, 4) is 0 Å². The normalized spacial score (nSPS) is 27.2. The van der Waals surface area contributed by atoms with Crippen LogP contribution in [0.25, 0.3) is 0 Å². The first-order chi connectivity index (χ1) is 8.74. The van der Waals surface area contributed by atoms with Gasteiger partial charge in [-0.2, -0.15) is 0 Å². The number of likely N-dealkylation sites (N-methyl/N-ethyl adjacent to an activating group) is 1. The smallest absolute Gasteiger partial charge is 0.0600 e. The van der Waals surface area contributed by atoms with Gasteiger partial charge in [0, 0.05) is 19.6 Å². The van der Waals surface area contributed by atoms with Gasteiger partial charge >= 0.3 is 0 Å². The van der Waals surface area contributed by atoms with E-state index in [1.807, 2.05) is 0 Å². The molecule has 18 heavy (non-hydrogen) atoms. The molecule has 106 valence electrons. The van der Waals surface area contributed by atoms with Crippen molar-refractivity contribution in [2.45, 2.75) is 25.4 Å². The molecule has 0 radical (unpaired) electrons. The summed E-state index contributed by atoms with van der Waals surface area (Å²) >= 11 is 0. The number of rotatable bonds is 6. The Balaban J connectivity index is 1.52. The van der Waals surface area contributed by atoms with Crippen LogP contribution in [0.1, 0.15) is 19.3 Å². The van der Waals surface area contributed by atoms with Gasteiger partial charge in [0.2, 0.25) is 0 Å². The van der Waals surface area contributed by atoms with Crippen LogP contribution >= 0.6 is 0 Å². The molecule has 0 amide bonds. The first-order valence-corrected chi connectivity index (χ1v) is 7.43. The SMILES string of the molecule is CN(CCOC1CCNCC1)CC1CCN(C)C1. The van der Waals surface area contributed by atoms with Gasteiger partial charge in [0.15, 0.2) is 0 Å². The fourth-order valence-corrected chi connectivity index (χ4v) is 3.04. The molecule has 0 aliphatic carbocycles. The number of hydrogen-bond acceptors (Lipinski definition) is 4. The quantitative estimate of drug-likeness (QED) is 0.754. The van der Waals surface area contributed by atoms with Crippen molar-refractivity contribution in [3.05, 3.63) is 0 Å².